The fourth-order valence-electron chi connectivity index (χ4n) is 3.49. The monoisotopic (exact) mass is 459 g/mol. The van der Waals surface area contributed by atoms with E-state index in [-0.39, 0.29) is 28.6 Å². The summed E-state index contributed by atoms with van der Waals surface area (Å²) in [5.41, 5.74) is 7.53. The molecule has 4 aromatic rings. The van der Waals surface area contributed by atoms with Crippen LogP contribution in [0.5, 0.6) is 0 Å². The van der Waals surface area contributed by atoms with Crippen LogP contribution in [-0.2, 0) is 16.1 Å². The highest BCUT2D eigenvalue weighted by Gasteiger charge is 2.19. The summed E-state index contributed by atoms with van der Waals surface area (Å²) in [7, 11) is 0. The van der Waals surface area contributed by atoms with Crippen LogP contribution in [0.3, 0.4) is 0 Å². The molecule has 1 atom stereocenters. The van der Waals surface area contributed by atoms with Crippen LogP contribution in [0.25, 0.3) is 10.8 Å². The van der Waals surface area contributed by atoms with Crippen LogP contribution in [0.1, 0.15) is 46.7 Å². The number of hydrogen-bond donors (Lipinski definition) is 2. The topological polar surface area (TPSA) is 94.3 Å². The molecular formula is C28H27N3O3. The van der Waals surface area contributed by atoms with Gasteiger partial charge in [0, 0.05) is 34.1 Å². The van der Waals surface area contributed by atoms with Crippen LogP contribution in [0.4, 0.5) is 5.69 Å². The minimum Gasteiger partial charge on any atom is -0.457 e. The number of nitrogens with two attached hydrogens (primary N) is 1. The minimum absolute atomic E-state index is 0.0585. The first-order valence-corrected chi connectivity index (χ1v) is 10.5. The number of carbonyl (C=O) groups excluding carboxylic acids is 2. The SMILES string of the molecule is [2H]c1nccc2cc(NC(=O)C([2H])(c3ccc(C([2H])([2H])OC(=O)c4ccc(C)cc4C)cc3)C([2H])([2H])N)ccc12. The molecule has 0 bridgehead atoms. The summed E-state index contributed by atoms with van der Waals surface area (Å²) < 4.78 is 54.7. The van der Waals surface area contributed by atoms with Gasteiger partial charge in [-0.1, -0.05) is 48.0 Å². The Morgan fingerprint density at radius 2 is 1.88 bits per heavy atom. The Balaban J connectivity index is 1.60. The molecule has 0 radical (unpaired) electrons. The second kappa shape index (κ2) is 10.3. The quantitative estimate of drug-likeness (QED) is 0.384. The van der Waals surface area contributed by atoms with Gasteiger partial charge in [-0.05, 0) is 60.2 Å². The van der Waals surface area contributed by atoms with Gasteiger partial charge in [0.1, 0.15) is 6.56 Å². The van der Waals surface area contributed by atoms with Gasteiger partial charge in [0.2, 0.25) is 5.91 Å². The van der Waals surface area contributed by atoms with Gasteiger partial charge in [-0.3, -0.25) is 9.78 Å². The largest absolute Gasteiger partial charge is 0.457 e. The van der Waals surface area contributed by atoms with E-state index in [1.807, 2.05) is 6.92 Å². The van der Waals surface area contributed by atoms with Crippen LogP contribution in [0, 0.1) is 13.8 Å². The number of anilines is 1. The second-order valence-electron chi connectivity index (χ2n) is 7.72. The molecule has 0 spiro atoms. The molecule has 1 amide bonds. The number of rotatable bonds is 7. The molecule has 1 heterocycles. The van der Waals surface area contributed by atoms with Crippen LogP contribution < -0.4 is 11.1 Å². The highest BCUT2D eigenvalue weighted by molar-refractivity contribution is 5.98. The smallest absolute Gasteiger partial charge is 0.338 e. The van der Waals surface area contributed by atoms with E-state index in [4.69, 9.17) is 18.7 Å². The number of aryl methyl sites for hydroxylation is 2. The summed E-state index contributed by atoms with van der Waals surface area (Å²) in [5.74, 6) is -4.55. The molecule has 34 heavy (non-hydrogen) atoms. The number of amides is 1. The van der Waals surface area contributed by atoms with Crippen LogP contribution in [-0.4, -0.2) is 23.4 Å². The normalized spacial score (nSPS) is 16.1. The second-order valence-corrected chi connectivity index (χ2v) is 7.72. The van der Waals surface area contributed by atoms with E-state index >= 15 is 0 Å². The highest BCUT2D eigenvalue weighted by Crippen LogP contribution is 2.22. The molecule has 0 aliphatic carbocycles. The zero-order valence-corrected chi connectivity index (χ0v) is 18.7. The Labute approximate surface area is 207 Å². The van der Waals surface area contributed by atoms with Gasteiger partial charge < -0.3 is 15.8 Å². The number of fused-ring (bicyclic) bond motifs is 1. The van der Waals surface area contributed by atoms with Crippen molar-refractivity contribution in [2.75, 3.05) is 11.8 Å². The Kier molecular flexibility index (Phi) is 5.00. The van der Waals surface area contributed by atoms with E-state index in [0.717, 1.165) is 5.56 Å². The standard InChI is InChI=1S/C28H27N3O3/c1-18-3-10-25(19(2)13-18)28(33)34-17-20-4-6-21(7-5-20)26(15-29)27(32)31-24-9-8-23-16-30-12-11-22(23)14-24/h3-14,16,26H,15,17,29H2,1-2H3,(H,31,32)/i15D2,16D,17D2,26D. The first-order chi connectivity index (χ1) is 18.6. The first-order valence-electron chi connectivity index (χ1n) is 13.5. The van der Waals surface area contributed by atoms with E-state index in [0.29, 0.717) is 16.3 Å². The van der Waals surface area contributed by atoms with Gasteiger partial charge >= 0.3 is 5.97 Å². The molecule has 1 unspecified atom stereocenters. The molecule has 3 N–H and O–H groups in total. The lowest BCUT2D eigenvalue weighted by Gasteiger charge is -2.16. The lowest BCUT2D eigenvalue weighted by Crippen LogP contribution is -2.27. The van der Waals surface area contributed by atoms with Crippen molar-refractivity contribution >= 4 is 28.3 Å². The van der Waals surface area contributed by atoms with Crippen molar-refractivity contribution in [3.8, 4) is 0 Å². The maximum Gasteiger partial charge on any atom is 0.338 e. The van der Waals surface area contributed by atoms with Gasteiger partial charge in [0.05, 0.1) is 15.6 Å². The van der Waals surface area contributed by atoms with Crippen molar-refractivity contribution in [1.29, 1.82) is 0 Å². The van der Waals surface area contributed by atoms with E-state index in [2.05, 4.69) is 10.3 Å². The third-order valence-corrected chi connectivity index (χ3v) is 5.23. The number of pyridine rings is 1. The number of benzene rings is 3. The van der Waals surface area contributed by atoms with Gasteiger partial charge in [-0.2, -0.15) is 0 Å². The fourth-order valence-corrected chi connectivity index (χ4v) is 3.49. The van der Waals surface area contributed by atoms with Gasteiger partial charge in [-0.25, -0.2) is 4.79 Å². The highest BCUT2D eigenvalue weighted by atomic mass is 16.5. The molecule has 172 valence electrons. The number of carbonyl (C=O) groups is 2. The van der Waals surface area contributed by atoms with Crippen molar-refractivity contribution in [2.24, 2.45) is 5.73 Å². The van der Waals surface area contributed by atoms with Crippen LogP contribution in [0.15, 0.2) is 79.1 Å². The summed E-state index contributed by atoms with van der Waals surface area (Å²) in [5, 5.41) is 3.69. The summed E-state index contributed by atoms with van der Waals surface area (Å²) in [6.07, 6.45) is 1.51. The van der Waals surface area contributed by atoms with E-state index in [1.165, 1.54) is 36.5 Å². The Morgan fingerprint density at radius 1 is 1.09 bits per heavy atom. The lowest BCUT2D eigenvalue weighted by molar-refractivity contribution is -0.117. The third-order valence-electron chi connectivity index (χ3n) is 5.23. The summed E-state index contributed by atoms with van der Waals surface area (Å²) >= 11 is 0. The molecule has 4 rings (SSSR count). The number of esters is 1. The number of ether oxygens (including phenoxy) is 1. The molecular weight excluding hydrogens is 426 g/mol. The molecule has 6 nitrogen and oxygen atoms in total. The maximum atomic E-state index is 13.3. The van der Waals surface area contributed by atoms with Crippen molar-refractivity contribution in [3.05, 3.63) is 107 Å². The predicted octanol–water partition coefficient (Wildman–Crippen LogP) is 4.89. The number of nitrogens with one attached hydrogen (secondary N) is 1. The van der Waals surface area contributed by atoms with E-state index in [9.17, 15) is 9.59 Å². The van der Waals surface area contributed by atoms with E-state index in [1.54, 1.807) is 43.3 Å². The molecule has 0 aliphatic rings. The van der Waals surface area contributed by atoms with Crippen molar-refractivity contribution in [2.45, 2.75) is 26.3 Å². The van der Waals surface area contributed by atoms with Crippen molar-refractivity contribution < 1.29 is 22.6 Å². The molecule has 0 fully saturated rings. The van der Waals surface area contributed by atoms with Crippen molar-refractivity contribution in [3.63, 3.8) is 0 Å². The average molecular weight is 460 g/mol. The number of aromatic nitrogens is 1. The maximum absolute atomic E-state index is 13.3. The lowest BCUT2D eigenvalue weighted by atomic mass is 9.97. The van der Waals surface area contributed by atoms with Crippen LogP contribution >= 0.6 is 0 Å². The van der Waals surface area contributed by atoms with Crippen LogP contribution in [0.2, 0.25) is 0 Å². The van der Waals surface area contributed by atoms with E-state index < -0.39 is 30.8 Å². The Hall–Kier alpha value is -4.03. The third kappa shape index (κ3) is 5.30. The molecule has 6 heteroatoms. The molecule has 0 saturated heterocycles. The van der Waals surface area contributed by atoms with Gasteiger partial charge in [0.15, 0.2) is 0 Å². The zero-order valence-electron chi connectivity index (χ0n) is 24.7. The zero-order chi connectivity index (χ0) is 29.5. The molecule has 3 aromatic carbocycles. The Morgan fingerprint density at radius 3 is 2.62 bits per heavy atom. The van der Waals surface area contributed by atoms with Gasteiger partial charge in [0.25, 0.3) is 0 Å². The summed E-state index contributed by atoms with van der Waals surface area (Å²) in [4.78, 5) is 29.9. The van der Waals surface area contributed by atoms with Crippen molar-refractivity contribution in [1.82, 2.24) is 4.98 Å². The van der Waals surface area contributed by atoms with Gasteiger partial charge in [-0.15, -0.1) is 0 Å². The molecule has 0 aliphatic heterocycles. The summed E-state index contributed by atoms with van der Waals surface area (Å²) in [6, 6.07) is 16.2. The average Bonchev–Trinajstić information content (AvgIpc) is 2.87. The fraction of sp³-hybridized carbons (Fsp3) is 0.179. The number of hydrogen-bond acceptors (Lipinski definition) is 5. The minimum atomic E-state index is -2.85. The number of nitrogens with zero attached hydrogens (tertiary/aromatic N) is 1. The molecule has 0 saturated carbocycles. The molecule has 1 aromatic heterocycles. The first kappa shape index (κ1) is 16.6. The summed E-state index contributed by atoms with van der Waals surface area (Å²) in [6.45, 7) is -1.82. The predicted molar refractivity (Wildman–Crippen MR) is 134 cm³/mol. The Bertz CT molecular complexity index is 1610.